The maximum atomic E-state index is 11.7. The van der Waals surface area contributed by atoms with Crippen LogP contribution in [-0.4, -0.2) is 31.8 Å². The molecular weight excluding hydrogens is 206 g/mol. The number of ether oxygens (including phenoxy) is 2. The average molecular weight is 227 g/mol. The SMILES string of the molecule is NC1CCC(C(=O)OCC2CCOCC2)C1. The highest BCUT2D eigenvalue weighted by Gasteiger charge is 2.29. The van der Waals surface area contributed by atoms with Gasteiger partial charge in [-0.25, -0.2) is 0 Å². The van der Waals surface area contributed by atoms with Gasteiger partial charge in [0.15, 0.2) is 0 Å². The van der Waals surface area contributed by atoms with Crippen LogP contribution in [0.25, 0.3) is 0 Å². The predicted octanol–water partition coefficient (Wildman–Crippen LogP) is 1.08. The van der Waals surface area contributed by atoms with Crippen molar-refractivity contribution >= 4 is 5.97 Å². The first-order chi connectivity index (χ1) is 7.75. The zero-order chi connectivity index (χ0) is 11.4. The minimum absolute atomic E-state index is 0.0422. The zero-order valence-corrected chi connectivity index (χ0v) is 9.69. The van der Waals surface area contributed by atoms with Gasteiger partial charge in [-0.2, -0.15) is 0 Å². The van der Waals surface area contributed by atoms with Crippen LogP contribution in [0.2, 0.25) is 0 Å². The molecule has 1 heterocycles. The maximum Gasteiger partial charge on any atom is 0.308 e. The Labute approximate surface area is 96.5 Å². The molecule has 0 spiro atoms. The molecule has 2 atom stereocenters. The molecule has 1 saturated carbocycles. The molecule has 2 N–H and O–H groups in total. The first-order valence-electron chi connectivity index (χ1n) is 6.25. The highest BCUT2D eigenvalue weighted by molar-refractivity contribution is 5.72. The van der Waals surface area contributed by atoms with Gasteiger partial charge in [0.25, 0.3) is 0 Å². The molecule has 0 amide bonds. The number of esters is 1. The van der Waals surface area contributed by atoms with Crippen LogP contribution in [0.5, 0.6) is 0 Å². The summed E-state index contributed by atoms with van der Waals surface area (Å²) in [6, 6.07) is 0.195. The Morgan fingerprint density at radius 2 is 2.00 bits per heavy atom. The highest BCUT2D eigenvalue weighted by Crippen LogP contribution is 2.25. The van der Waals surface area contributed by atoms with Crippen molar-refractivity contribution in [3.63, 3.8) is 0 Å². The summed E-state index contributed by atoms with van der Waals surface area (Å²) in [6.07, 6.45) is 4.67. The van der Waals surface area contributed by atoms with Gasteiger partial charge in [0.1, 0.15) is 0 Å². The van der Waals surface area contributed by atoms with Gasteiger partial charge in [0, 0.05) is 19.3 Å². The van der Waals surface area contributed by atoms with Crippen LogP contribution in [0.4, 0.5) is 0 Å². The normalized spacial score (nSPS) is 31.6. The van der Waals surface area contributed by atoms with Gasteiger partial charge >= 0.3 is 5.97 Å². The Kier molecular flexibility index (Phi) is 4.18. The number of carbonyl (C=O) groups excluding carboxylic acids is 1. The van der Waals surface area contributed by atoms with Crippen molar-refractivity contribution in [2.45, 2.75) is 38.1 Å². The quantitative estimate of drug-likeness (QED) is 0.733. The molecule has 0 aromatic rings. The van der Waals surface area contributed by atoms with E-state index in [-0.39, 0.29) is 17.9 Å². The van der Waals surface area contributed by atoms with E-state index in [4.69, 9.17) is 15.2 Å². The van der Waals surface area contributed by atoms with E-state index in [2.05, 4.69) is 0 Å². The lowest BCUT2D eigenvalue weighted by atomic mass is 10.0. The molecule has 2 rings (SSSR count). The molecule has 0 aromatic heterocycles. The summed E-state index contributed by atoms with van der Waals surface area (Å²) in [5.41, 5.74) is 5.78. The average Bonchev–Trinajstić information content (AvgIpc) is 2.74. The third-order valence-corrected chi connectivity index (χ3v) is 3.61. The maximum absolute atomic E-state index is 11.7. The van der Waals surface area contributed by atoms with Crippen molar-refractivity contribution in [3.8, 4) is 0 Å². The largest absolute Gasteiger partial charge is 0.465 e. The van der Waals surface area contributed by atoms with Gasteiger partial charge in [0.05, 0.1) is 12.5 Å². The Morgan fingerprint density at radius 3 is 2.62 bits per heavy atom. The second-order valence-corrected chi connectivity index (χ2v) is 4.96. The Hall–Kier alpha value is -0.610. The van der Waals surface area contributed by atoms with Crippen LogP contribution >= 0.6 is 0 Å². The van der Waals surface area contributed by atoms with Crippen LogP contribution in [0.1, 0.15) is 32.1 Å². The van der Waals surface area contributed by atoms with Crippen molar-refractivity contribution in [2.75, 3.05) is 19.8 Å². The fourth-order valence-corrected chi connectivity index (χ4v) is 2.46. The molecular formula is C12H21NO3. The van der Waals surface area contributed by atoms with Crippen LogP contribution in [-0.2, 0) is 14.3 Å². The lowest BCUT2D eigenvalue weighted by molar-refractivity contribution is -0.150. The third kappa shape index (κ3) is 3.19. The highest BCUT2D eigenvalue weighted by atomic mass is 16.5. The van der Waals surface area contributed by atoms with Crippen molar-refractivity contribution in [2.24, 2.45) is 17.6 Å². The molecule has 1 saturated heterocycles. The van der Waals surface area contributed by atoms with Crippen molar-refractivity contribution < 1.29 is 14.3 Å². The molecule has 2 fully saturated rings. The first kappa shape index (κ1) is 11.9. The van der Waals surface area contributed by atoms with E-state index in [1.807, 2.05) is 0 Å². The predicted molar refractivity (Wildman–Crippen MR) is 59.8 cm³/mol. The molecule has 4 nitrogen and oxygen atoms in total. The molecule has 92 valence electrons. The molecule has 2 unspecified atom stereocenters. The van der Waals surface area contributed by atoms with E-state index in [9.17, 15) is 4.79 Å². The van der Waals surface area contributed by atoms with Gasteiger partial charge in [0.2, 0.25) is 0 Å². The van der Waals surface area contributed by atoms with Crippen LogP contribution in [0, 0.1) is 11.8 Å². The molecule has 1 aliphatic carbocycles. The van der Waals surface area contributed by atoms with Crippen molar-refractivity contribution in [3.05, 3.63) is 0 Å². The summed E-state index contributed by atoms with van der Waals surface area (Å²) < 4.78 is 10.6. The van der Waals surface area contributed by atoms with E-state index in [1.54, 1.807) is 0 Å². The van der Waals surface area contributed by atoms with Crippen LogP contribution in [0.15, 0.2) is 0 Å². The van der Waals surface area contributed by atoms with Crippen LogP contribution < -0.4 is 5.73 Å². The van der Waals surface area contributed by atoms with E-state index in [1.165, 1.54) is 0 Å². The first-order valence-corrected chi connectivity index (χ1v) is 6.25. The summed E-state index contributed by atoms with van der Waals surface area (Å²) in [4.78, 5) is 11.7. The minimum Gasteiger partial charge on any atom is -0.465 e. The van der Waals surface area contributed by atoms with Gasteiger partial charge in [-0.1, -0.05) is 0 Å². The lowest BCUT2D eigenvalue weighted by Gasteiger charge is -2.22. The number of carbonyl (C=O) groups is 1. The van der Waals surface area contributed by atoms with E-state index < -0.39 is 0 Å². The Morgan fingerprint density at radius 1 is 1.25 bits per heavy atom. The number of rotatable bonds is 3. The van der Waals surface area contributed by atoms with Gasteiger partial charge in [-0.3, -0.25) is 4.79 Å². The van der Waals surface area contributed by atoms with E-state index in [0.29, 0.717) is 12.5 Å². The zero-order valence-electron chi connectivity index (χ0n) is 9.69. The summed E-state index contributed by atoms with van der Waals surface area (Å²) >= 11 is 0. The summed E-state index contributed by atoms with van der Waals surface area (Å²) in [7, 11) is 0. The molecule has 0 bridgehead atoms. The lowest BCUT2D eigenvalue weighted by Crippen LogP contribution is -2.25. The molecule has 1 aliphatic heterocycles. The molecule has 0 aromatic carbocycles. The molecule has 16 heavy (non-hydrogen) atoms. The number of hydrogen-bond acceptors (Lipinski definition) is 4. The van der Waals surface area contributed by atoms with Crippen LogP contribution in [0.3, 0.4) is 0 Å². The summed E-state index contributed by atoms with van der Waals surface area (Å²) in [5.74, 6) is 0.502. The standard InChI is InChI=1S/C12H21NO3/c13-11-2-1-10(7-11)12(14)16-8-9-3-5-15-6-4-9/h9-11H,1-8,13H2. The monoisotopic (exact) mass is 227 g/mol. The fourth-order valence-electron chi connectivity index (χ4n) is 2.46. The van der Waals surface area contributed by atoms with Crippen molar-refractivity contribution in [1.82, 2.24) is 0 Å². The molecule has 0 radical (unpaired) electrons. The number of nitrogens with two attached hydrogens (primary N) is 1. The smallest absolute Gasteiger partial charge is 0.308 e. The van der Waals surface area contributed by atoms with Crippen molar-refractivity contribution in [1.29, 1.82) is 0 Å². The van der Waals surface area contributed by atoms with E-state index in [0.717, 1.165) is 45.3 Å². The topological polar surface area (TPSA) is 61.6 Å². The second-order valence-electron chi connectivity index (χ2n) is 4.96. The number of hydrogen-bond donors (Lipinski definition) is 1. The van der Waals surface area contributed by atoms with Gasteiger partial charge in [-0.15, -0.1) is 0 Å². The second kappa shape index (κ2) is 5.64. The Balaban J connectivity index is 1.67. The third-order valence-electron chi connectivity index (χ3n) is 3.61. The molecule has 2 aliphatic rings. The molecule has 4 heteroatoms. The van der Waals surface area contributed by atoms with Gasteiger partial charge in [-0.05, 0) is 38.0 Å². The fraction of sp³-hybridized carbons (Fsp3) is 0.917. The summed E-state index contributed by atoms with van der Waals surface area (Å²) in [6.45, 7) is 2.17. The summed E-state index contributed by atoms with van der Waals surface area (Å²) in [5, 5.41) is 0. The minimum atomic E-state index is -0.0422. The van der Waals surface area contributed by atoms with Gasteiger partial charge < -0.3 is 15.2 Å². The van der Waals surface area contributed by atoms with E-state index >= 15 is 0 Å². The Bertz CT molecular complexity index is 238.